The van der Waals surface area contributed by atoms with Crippen LogP contribution < -0.4 is 15.2 Å². The average molecular weight is 527 g/mol. The number of aliphatic hydroxyl groups excluding tert-OH is 1. The van der Waals surface area contributed by atoms with Crippen molar-refractivity contribution in [2.45, 2.75) is 52.2 Å². The Labute approximate surface area is 221 Å². The maximum atomic E-state index is 15.2. The van der Waals surface area contributed by atoms with Crippen LogP contribution in [0.25, 0.3) is 10.9 Å². The van der Waals surface area contributed by atoms with Crippen LogP contribution >= 0.6 is 0 Å². The molecule has 1 amide bonds. The van der Waals surface area contributed by atoms with Gasteiger partial charge in [0.25, 0.3) is 5.56 Å². The minimum atomic E-state index is -0.568. The topological polar surface area (TPSA) is 97.1 Å². The predicted octanol–water partition coefficient (Wildman–Crippen LogP) is 4.56. The summed E-state index contributed by atoms with van der Waals surface area (Å²) in [5.41, 5.74) is 1.33. The summed E-state index contributed by atoms with van der Waals surface area (Å²) in [4.78, 5) is 33.8. The summed E-state index contributed by atoms with van der Waals surface area (Å²) in [5.74, 6) is -0.447. The molecule has 1 N–H and O–H groups in total. The summed E-state index contributed by atoms with van der Waals surface area (Å²) >= 11 is 0. The number of carbonyl (C=O) groups is 1. The molecular weight excluding hydrogens is 491 g/mol. The van der Waals surface area contributed by atoms with Crippen molar-refractivity contribution in [1.29, 1.82) is 0 Å². The van der Waals surface area contributed by atoms with Crippen molar-refractivity contribution in [3.63, 3.8) is 0 Å². The number of fused-ring (bicyclic) bond motifs is 1. The lowest BCUT2D eigenvalue weighted by Crippen LogP contribution is -2.43. The fourth-order valence-electron chi connectivity index (χ4n) is 4.76. The van der Waals surface area contributed by atoms with Gasteiger partial charge in [-0.2, -0.15) is 0 Å². The lowest BCUT2D eigenvalue weighted by Gasteiger charge is -2.34. The summed E-state index contributed by atoms with van der Waals surface area (Å²) in [7, 11) is 1.40. The minimum absolute atomic E-state index is 0.102. The molecule has 1 aliphatic rings. The van der Waals surface area contributed by atoms with Crippen LogP contribution in [0, 0.1) is 12.7 Å². The second kappa shape index (κ2) is 11.0. The van der Waals surface area contributed by atoms with Gasteiger partial charge in [0.1, 0.15) is 5.60 Å². The number of hydrogen-bond acceptors (Lipinski definition) is 7. The molecule has 0 atom stereocenters. The third kappa shape index (κ3) is 5.75. The molecule has 0 bridgehead atoms. The number of methoxy groups -OCH3 is 1. The number of nitrogens with zero attached hydrogens (tertiary/aromatic N) is 4. The van der Waals surface area contributed by atoms with Gasteiger partial charge in [0, 0.05) is 31.4 Å². The number of piperidine rings is 1. The van der Waals surface area contributed by atoms with E-state index in [2.05, 4.69) is 4.98 Å². The van der Waals surface area contributed by atoms with Crippen LogP contribution in [-0.4, -0.2) is 64.6 Å². The molecule has 0 unspecified atom stereocenters. The van der Waals surface area contributed by atoms with E-state index in [9.17, 15) is 14.7 Å². The number of benzene rings is 2. The Morgan fingerprint density at radius 2 is 1.92 bits per heavy atom. The van der Waals surface area contributed by atoms with Crippen LogP contribution in [0.1, 0.15) is 45.2 Å². The van der Waals surface area contributed by atoms with Gasteiger partial charge in [-0.1, -0.05) is 0 Å². The number of aromatic nitrogens is 2. The van der Waals surface area contributed by atoms with Crippen LogP contribution in [0.5, 0.6) is 5.75 Å². The predicted molar refractivity (Wildman–Crippen MR) is 144 cm³/mol. The zero-order valence-corrected chi connectivity index (χ0v) is 22.5. The first-order chi connectivity index (χ1) is 18.0. The fourth-order valence-corrected chi connectivity index (χ4v) is 4.76. The zero-order valence-electron chi connectivity index (χ0n) is 22.5. The summed E-state index contributed by atoms with van der Waals surface area (Å²) < 4.78 is 27.5. The highest BCUT2D eigenvalue weighted by atomic mass is 19.1. The lowest BCUT2D eigenvalue weighted by atomic mass is 10.0. The van der Waals surface area contributed by atoms with E-state index in [1.807, 2.05) is 27.7 Å². The quantitative estimate of drug-likeness (QED) is 0.503. The molecule has 1 fully saturated rings. The number of aliphatic hydroxyl groups is 1. The van der Waals surface area contributed by atoms with Crippen molar-refractivity contribution >= 4 is 28.4 Å². The first-order valence-electron chi connectivity index (χ1n) is 12.7. The van der Waals surface area contributed by atoms with Crippen molar-refractivity contribution in [2.75, 3.05) is 38.3 Å². The van der Waals surface area contributed by atoms with Gasteiger partial charge in [0.05, 0.1) is 36.6 Å². The highest BCUT2D eigenvalue weighted by Gasteiger charge is 2.28. The SMILES string of the molecule is COc1cc(C)cc(N(CCO)c2ccc3ncn(C4CCN(C(=O)OC(C)(C)C)CC4)c(=O)c3c2)c1F. The minimum Gasteiger partial charge on any atom is -0.494 e. The Balaban J connectivity index is 1.64. The van der Waals surface area contributed by atoms with Crippen LogP contribution in [0.15, 0.2) is 41.5 Å². The third-order valence-corrected chi connectivity index (χ3v) is 6.59. The fraction of sp³-hybridized carbons (Fsp3) is 0.464. The highest BCUT2D eigenvalue weighted by Crippen LogP contribution is 2.34. The van der Waals surface area contributed by atoms with Crippen molar-refractivity contribution < 1.29 is 23.8 Å². The van der Waals surface area contributed by atoms with Gasteiger partial charge in [-0.05, 0) is 76.4 Å². The van der Waals surface area contributed by atoms with Crippen molar-refractivity contribution in [2.24, 2.45) is 0 Å². The van der Waals surface area contributed by atoms with Crippen LogP contribution in [0.2, 0.25) is 0 Å². The molecule has 0 radical (unpaired) electrons. The Bertz CT molecular complexity index is 1380. The lowest BCUT2D eigenvalue weighted by molar-refractivity contribution is 0.0187. The molecule has 0 aliphatic carbocycles. The molecule has 9 nitrogen and oxygen atoms in total. The van der Waals surface area contributed by atoms with E-state index in [1.165, 1.54) is 7.11 Å². The zero-order chi connectivity index (χ0) is 27.6. The van der Waals surface area contributed by atoms with E-state index in [0.717, 1.165) is 5.56 Å². The van der Waals surface area contributed by atoms with Gasteiger partial charge < -0.3 is 24.4 Å². The average Bonchev–Trinajstić information content (AvgIpc) is 2.88. The van der Waals surface area contributed by atoms with Gasteiger partial charge in [0.15, 0.2) is 11.6 Å². The highest BCUT2D eigenvalue weighted by molar-refractivity contribution is 5.83. The second-order valence-electron chi connectivity index (χ2n) is 10.5. The third-order valence-electron chi connectivity index (χ3n) is 6.59. The van der Waals surface area contributed by atoms with Crippen molar-refractivity contribution in [3.8, 4) is 5.75 Å². The van der Waals surface area contributed by atoms with Crippen LogP contribution in [0.3, 0.4) is 0 Å². The molecule has 1 saturated heterocycles. The molecule has 10 heteroatoms. The van der Waals surface area contributed by atoms with Gasteiger partial charge in [-0.15, -0.1) is 0 Å². The Kier molecular flexibility index (Phi) is 7.91. The van der Waals surface area contributed by atoms with E-state index >= 15 is 4.39 Å². The number of ether oxygens (including phenoxy) is 2. The number of rotatable bonds is 6. The van der Waals surface area contributed by atoms with Gasteiger partial charge in [-0.3, -0.25) is 9.36 Å². The van der Waals surface area contributed by atoms with E-state index < -0.39 is 11.4 Å². The van der Waals surface area contributed by atoms with Gasteiger partial charge in [-0.25, -0.2) is 14.2 Å². The van der Waals surface area contributed by atoms with Crippen molar-refractivity contribution in [3.05, 3.63) is 58.4 Å². The number of aryl methyl sites for hydroxylation is 1. The number of carbonyl (C=O) groups excluding carboxylic acids is 1. The molecule has 0 saturated carbocycles. The van der Waals surface area contributed by atoms with E-state index in [0.29, 0.717) is 42.5 Å². The normalized spacial score (nSPS) is 14.6. The molecule has 38 heavy (non-hydrogen) atoms. The maximum Gasteiger partial charge on any atom is 0.410 e. The summed E-state index contributed by atoms with van der Waals surface area (Å²) in [6, 6.07) is 8.32. The number of likely N-dealkylation sites (tertiary alicyclic amines) is 1. The van der Waals surface area contributed by atoms with Crippen LogP contribution in [0.4, 0.5) is 20.6 Å². The van der Waals surface area contributed by atoms with Gasteiger partial charge >= 0.3 is 6.09 Å². The number of anilines is 2. The van der Waals surface area contributed by atoms with Crippen molar-refractivity contribution in [1.82, 2.24) is 14.5 Å². The summed E-state index contributed by atoms with van der Waals surface area (Å²) in [5, 5.41) is 10.1. The molecule has 4 rings (SSSR count). The number of halogens is 1. The largest absolute Gasteiger partial charge is 0.494 e. The van der Waals surface area contributed by atoms with E-state index in [-0.39, 0.29) is 42.3 Å². The second-order valence-corrected chi connectivity index (χ2v) is 10.5. The molecule has 2 heterocycles. The molecule has 3 aromatic rings. The molecule has 1 aliphatic heterocycles. The Morgan fingerprint density at radius 3 is 2.55 bits per heavy atom. The Hall–Kier alpha value is -3.66. The number of amides is 1. The van der Waals surface area contributed by atoms with E-state index in [4.69, 9.17) is 9.47 Å². The smallest absolute Gasteiger partial charge is 0.410 e. The molecule has 2 aromatic carbocycles. The van der Waals surface area contributed by atoms with E-state index in [1.54, 1.807) is 51.0 Å². The summed E-state index contributed by atoms with van der Waals surface area (Å²) in [6.07, 6.45) is 2.39. The Morgan fingerprint density at radius 1 is 1.21 bits per heavy atom. The first-order valence-corrected chi connectivity index (χ1v) is 12.7. The number of hydrogen-bond donors (Lipinski definition) is 1. The molecule has 0 spiro atoms. The van der Waals surface area contributed by atoms with Crippen LogP contribution in [-0.2, 0) is 4.74 Å². The first kappa shape index (κ1) is 27.4. The monoisotopic (exact) mass is 526 g/mol. The maximum absolute atomic E-state index is 15.2. The summed E-state index contributed by atoms with van der Waals surface area (Å²) in [6.45, 7) is 8.17. The molecule has 1 aromatic heterocycles. The standard InChI is InChI=1S/C28H35FN4O5/c1-18-14-23(25(29)24(15-18)37-5)32(12-13-34)20-6-7-22-21(16-20)26(35)33(17-30-22)19-8-10-31(11-9-19)27(36)38-28(2,3)4/h6-7,14-17,19,34H,8-13H2,1-5H3. The molecule has 204 valence electrons. The van der Waals surface area contributed by atoms with Gasteiger partial charge in [0.2, 0.25) is 0 Å². The molecular formula is C28H35FN4O5.